The van der Waals surface area contributed by atoms with Crippen molar-refractivity contribution >= 4 is 40.4 Å². The Morgan fingerprint density at radius 2 is 1.94 bits per heavy atom. The predicted octanol–water partition coefficient (Wildman–Crippen LogP) is 3.81. The summed E-state index contributed by atoms with van der Waals surface area (Å²) < 4.78 is 1.75. The SMILES string of the molecule is CC1(C)CCC(C(=O)Nc2cnc(-n3nccn3)c(Cl)c2)c2cnc3cc(Cl)nn3c21. The number of hydrogen-bond donors (Lipinski definition) is 1. The van der Waals surface area contributed by atoms with Crippen molar-refractivity contribution in [2.45, 2.75) is 38.0 Å². The lowest BCUT2D eigenvalue weighted by atomic mass is 9.71. The molecule has 0 bridgehead atoms. The second-order valence-corrected chi connectivity index (χ2v) is 8.91. The number of pyridine rings is 1. The van der Waals surface area contributed by atoms with Gasteiger partial charge in [0.05, 0.1) is 40.9 Å². The average Bonchev–Trinajstić information content (AvgIpc) is 3.36. The molecule has 0 saturated heterocycles. The molecule has 158 valence electrons. The Hall–Kier alpha value is -3.04. The third-order valence-electron chi connectivity index (χ3n) is 5.57. The first-order valence-corrected chi connectivity index (χ1v) is 10.5. The molecule has 5 rings (SSSR count). The van der Waals surface area contributed by atoms with Gasteiger partial charge in [0.2, 0.25) is 5.91 Å². The van der Waals surface area contributed by atoms with Crippen molar-refractivity contribution in [3.8, 4) is 5.82 Å². The predicted molar refractivity (Wildman–Crippen MR) is 116 cm³/mol. The minimum Gasteiger partial charge on any atom is -0.324 e. The van der Waals surface area contributed by atoms with Crippen LogP contribution in [-0.4, -0.2) is 40.5 Å². The highest BCUT2D eigenvalue weighted by Crippen LogP contribution is 2.43. The molecule has 31 heavy (non-hydrogen) atoms. The highest BCUT2D eigenvalue weighted by atomic mass is 35.5. The molecule has 1 unspecified atom stereocenters. The van der Waals surface area contributed by atoms with E-state index in [9.17, 15) is 4.79 Å². The summed E-state index contributed by atoms with van der Waals surface area (Å²) in [7, 11) is 0. The van der Waals surface area contributed by atoms with E-state index >= 15 is 0 Å². The molecule has 4 aromatic heterocycles. The Bertz CT molecular complexity index is 1300. The second kappa shape index (κ2) is 7.28. The van der Waals surface area contributed by atoms with Crippen molar-refractivity contribution in [3.05, 3.63) is 58.4 Å². The van der Waals surface area contributed by atoms with Gasteiger partial charge in [-0.1, -0.05) is 37.0 Å². The molecule has 4 aromatic rings. The van der Waals surface area contributed by atoms with Crippen LogP contribution < -0.4 is 5.32 Å². The highest BCUT2D eigenvalue weighted by Gasteiger charge is 2.38. The quantitative estimate of drug-likeness (QED) is 0.502. The fraction of sp³-hybridized carbons (Fsp3) is 0.300. The number of fused-ring (bicyclic) bond motifs is 3. The molecule has 9 nitrogen and oxygen atoms in total. The maximum absolute atomic E-state index is 13.2. The molecule has 1 aliphatic rings. The van der Waals surface area contributed by atoms with E-state index in [0.29, 0.717) is 33.7 Å². The van der Waals surface area contributed by atoms with E-state index in [0.717, 1.165) is 17.7 Å². The van der Waals surface area contributed by atoms with Gasteiger partial charge in [-0.25, -0.2) is 14.5 Å². The van der Waals surface area contributed by atoms with Crippen LogP contribution in [0.5, 0.6) is 0 Å². The zero-order valence-corrected chi connectivity index (χ0v) is 18.3. The van der Waals surface area contributed by atoms with Crippen molar-refractivity contribution in [3.63, 3.8) is 0 Å². The zero-order chi connectivity index (χ0) is 21.8. The summed E-state index contributed by atoms with van der Waals surface area (Å²) in [5.41, 5.74) is 2.78. The standard InChI is InChI=1S/C20H18Cl2N8O/c1-20(2)4-3-12(13-10-23-16-8-15(22)28-29(16)17(13)20)19(31)27-11-7-14(21)18(24-9-11)30-25-5-6-26-30/h5-10,12H,3-4H2,1-2H3,(H,27,31). The van der Waals surface area contributed by atoms with Crippen LogP contribution in [0.25, 0.3) is 11.5 Å². The fourth-order valence-electron chi connectivity index (χ4n) is 4.10. The van der Waals surface area contributed by atoms with Crippen LogP contribution in [0.15, 0.2) is 36.9 Å². The molecule has 0 fully saturated rings. The molecule has 0 spiro atoms. The third-order valence-corrected chi connectivity index (χ3v) is 6.03. The van der Waals surface area contributed by atoms with E-state index in [2.05, 4.69) is 44.4 Å². The van der Waals surface area contributed by atoms with E-state index in [1.54, 1.807) is 22.8 Å². The summed E-state index contributed by atoms with van der Waals surface area (Å²) in [6, 6.07) is 3.35. The van der Waals surface area contributed by atoms with Gasteiger partial charge in [-0.05, 0) is 18.9 Å². The lowest BCUT2D eigenvalue weighted by Gasteiger charge is -2.36. The number of amides is 1. The first kappa shape index (κ1) is 19.9. The number of carbonyl (C=O) groups excluding carboxylic acids is 1. The first-order valence-electron chi connectivity index (χ1n) is 9.71. The molecule has 4 heterocycles. The summed E-state index contributed by atoms with van der Waals surface area (Å²) in [4.78, 5) is 23.3. The van der Waals surface area contributed by atoms with Gasteiger partial charge in [0, 0.05) is 23.2 Å². The van der Waals surface area contributed by atoms with Gasteiger partial charge in [0.1, 0.15) is 0 Å². The number of rotatable bonds is 3. The average molecular weight is 457 g/mol. The van der Waals surface area contributed by atoms with Crippen LogP contribution >= 0.6 is 23.2 Å². The van der Waals surface area contributed by atoms with Crippen molar-refractivity contribution in [1.29, 1.82) is 0 Å². The number of carbonyl (C=O) groups is 1. The Kier molecular flexibility index (Phi) is 4.67. The van der Waals surface area contributed by atoms with Crippen LogP contribution in [0.4, 0.5) is 5.69 Å². The summed E-state index contributed by atoms with van der Waals surface area (Å²) in [5.74, 6) is -0.148. The minimum absolute atomic E-state index is 0.154. The topological polar surface area (TPSA) is 103 Å². The molecule has 11 heteroatoms. The molecule has 1 amide bonds. The smallest absolute Gasteiger partial charge is 0.232 e. The molecule has 0 aliphatic heterocycles. The van der Waals surface area contributed by atoms with Gasteiger partial charge in [-0.2, -0.15) is 15.3 Å². The summed E-state index contributed by atoms with van der Waals surface area (Å²) in [5, 5.41) is 16.1. The van der Waals surface area contributed by atoms with Crippen LogP contribution in [0.2, 0.25) is 10.2 Å². The molecule has 0 radical (unpaired) electrons. The Morgan fingerprint density at radius 1 is 1.16 bits per heavy atom. The van der Waals surface area contributed by atoms with Gasteiger partial charge >= 0.3 is 0 Å². The van der Waals surface area contributed by atoms with Crippen molar-refractivity contribution in [2.75, 3.05) is 5.32 Å². The molecule has 1 aliphatic carbocycles. The van der Waals surface area contributed by atoms with E-state index in [1.807, 2.05) is 0 Å². The minimum atomic E-state index is -0.380. The van der Waals surface area contributed by atoms with Gasteiger partial charge in [-0.3, -0.25) is 4.79 Å². The lowest BCUT2D eigenvalue weighted by Crippen LogP contribution is -2.34. The van der Waals surface area contributed by atoms with Gasteiger partial charge < -0.3 is 5.32 Å². The van der Waals surface area contributed by atoms with Crippen LogP contribution in [0.1, 0.15) is 43.9 Å². The van der Waals surface area contributed by atoms with E-state index in [1.165, 1.54) is 23.4 Å². The number of anilines is 1. The van der Waals surface area contributed by atoms with Crippen molar-refractivity contribution in [1.82, 2.24) is 34.6 Å². The molecular weight excluding hydrogens is 439 g/mol. The number of halogens is 2. The lowest BCUT2D eigenvalue weighted by molar-refractivity contribution is -0.118. The number of hydrogen-bond acceptors (Lipinski definition) is 6. The van der Waals surface area contributed by atoms with E-state index in [-0.39, 0.29) is 17.2 Å². The monoisotopic (exact) mass is 456 g/mol. The van der Waals surface area contributed by atoms with Crippen molar-refractivity contribution < 1.29 is 4.79 Å². The Balaban J connectivity index is 1.47. The first-order chi connectivity index (χ1) is 14.8. The molecular formula is C20H18Cl2N8O. The Morgan fingerprint density at radius 3 is 2.68 bits per heavy atom. The molecule has 0 saturated carbocycles. The van der Waals surface area contributed by atoms with Crippen LogP contribution in [0.3, 0.4) is 0 Å². The largest absolute Gasteiger partial charge is 0.324 e. The van der Waals surface area contributed by atoms with E-state index in [4.69, 9.17) is 23.2 Å². The Labute approximate surface area is 187 Å². The van der Waals surface area contributed by atoms with Gasteiger partial charge in [-0.15, -0.1) is 4.80 Å². The number of aromatic nitrogens is 7. The number of nitrogens with zero attached hydrogens (tertiary/aromatic N) is 7. The fourth-order valence-corrected chi connectivity index (χ4v) is 4.52. The number of nitrogens with one attached hydrogen (secondary N) is 1. The zero-order valence-electron chi connectivity index (χ0n) is 16.8. The summed E-state index contributed by atoms with van der Waals surface area (Å²) >= 11 is 12.4. The normalized spacial score (nSPS) is 17.5. The highest BCUT2D eigenvalue weighted by molar-refractivity contribution is 6.32. The van der Waals surface area contributed by atoms with Gasteiger partial charge in [0.15, 0.2) is 16.6 Å². The molecule has 1 atom stereocenters. The molecule has 0 aromatic carbocycles. The van der Waals surface area contributed by atoms with E-state index < -0.39 is 0 Å². The van der Waals surface area contributed by atoms with Gasteiger partial charge in [0.25, 0.3) is 0 Å². The summed E-state index contributed by atoms with van der Waals surface area (Å²) in [6.45, 7) is 4.28. The second-order valence-electron chi connectivity index (χ2n) is 8.11. The maximum atomic E-state index is 13.2. The maximum Gasteiger partial charge on any atom is 0.232 e. The summed E-state index contributed by atoms with van der Waals surface area (Å²) in [6.07, 6.45) is 7.86. The van der Waals surface area contributed by atoms with Crippen LogP contribution in [-0.2, 0) is 10.2 Å². The van der Waals surface area contributed by atoms with Crippen LogP contribution in [0, 0.1) is 0 Å². The third kappa shape index (κ3) is 3.43. The molecule has 1 N–H and O–H groups in total. The van der Waals surface area contributed by atoms with Crippen molar-refractivity contribution in [2.24, 2.45) is 0 Å².